The summed E-state index contributed by atoms with van der Waals surface area (Å²) in [7, 11) is 3.93. The third-order valence-electron chi connectivity index (χ3n) is 1.76. The predicted molar refractivity (Wildman–Crippen MR) is 59.6 cm³/mol. The Labute approximate surface area is 84.0 Å². The summed E-state index contributed by atoms with van der Waals surface area (Å²) in [5.41, 5.74) is 0.883. The Kier molecular flexibility index (Phi) is 3.45. The van der Waals surface area contributed by atoms with Gasteiger partial charge in [0, 0.05) is 20.3 Å². The molecular formula is C10H16N4. The average molecular weight is 192 g/mol. The second kappa shape index (κ2) is 4.60. The van der Waals surface area contributed by atoms with Crippen LogP contribution >= 0.6 is 0 Å². The molecule has 2 aromatic heterocycles. The molecular weight excluding hydrogens is 176 g/mol. The van der Waals surface area contributed by atoms with E-state index in [0.717, 1.165) is 16.9 Å². The lowest BCUT2D eigenvalue weighted by atomic mass is 10.3. The topological polar surface area (TPSA) is 44.8 Å². The number of aromatic nitrogens is 3. The molecule has 0 bridgehead atoms. The fourth-order valence-corrected chi connectivity index (χ4v) is 1.22. The van der Waals surface area contributed by atoms with E-state index in [1.165, 1.54) is 0 Å². The van der Waals surface area contributed by atoms with E-state index >= 15 is 0 Å². The summed E-state index contributed by atoms with van der Waals surface area (Å²) in [5, 5.41) is 1.06. The molecule has 0 aliphatic heterocycles. The van der Waals surface area contributed by atoms with Crippen LogP contribution in [0.5, 0.6) is 0 Å². The van der Waals surface area contributed by atoms with Crippen molar-refractivity contribution in [1.29, 1.82) is 0 Å². The van der Waals surface area contributed by atoms with Gasteiger partial charge in [-0.05, 0) is 6.07 Å². The average Bonchev–Trinajstić information content (AvgIpc) is 2.67. The number of nitrogens with zero attached hydrogens (tertiary/aromatic N) is 3. The zero-order valence-electron chi connectivity index (χ0n) is 9.07. The molecule has 0 fully saturated rings. The van der Waals surface area contributed by atoms with Crippen molar-refractivity contribution in [2.45, 2.75) is 13.8 Å². The van der Waals surface area contributed by atoms with Crippen LogP contribution in [0.15, 0.2) is 18.6 Å². The minimum atomic E-state index is 0.883. The highest BCUT2D eigenvalue weighted by atomic mass is 15.1. The molecule has 0 atom stereocenters. The number of hydrogen-bond acceptors (Lipinski definition) is 3. The molecule has 0 amide bonds. The molecule has 0 spiro atoms. The van der Waals surface area contributed by atoms with Gasteiger partial charge >= 0.3 is 0 Å². The summed E-state index contributed by atoms with van der Waals surface area (Å²) in [6.45, 7) is 4.00. The first kappa shape index (κ1) is 10.5. The highest BCUT2D eigenvalue weighted by molar-refractivity contribution is 5.86. The largest absolute Gasteiger partial charge is 0.362 e. The van der Waals surface area contributed by atoms with Crippen LogP contribution < -0.4 is 4.90 Å². The van der Waals surface area contributed by atoms with Crippen LogP contribution in [0.4, 0.5) is 5.82 Å². The van der Waals surface area contributed by atoms with Crippen LogP contribution in [0.2, 0.25) is 0 Å². The van der Waals surface area contributed by atoms with Gasteiger partial charge in [0.2, 0.25) is 0 Å². The lowest BCUT2D eigenvalue weighted by Gasteiger charge is -2.10. The molecule has 2 rings (SSSR count). The highest BCUT2D eigenvalue weighted by Gasteiger charge is 2.04. The smallest absolute Gasteiger partial charge is 0.142 e. The molecule has 0 saturated heterocycles. The molecule has 0 radical (unpaired) electrons. The van der Waals surface area contributed by atoms with Gasteiger partial charge in [-0.2, -0.15) is 0 Å². The molecule has 0 aliphatic rings. The van der Waals surface area contributed by atoms with E-state index in [9.17, 15) is 0 Å². The number of rotatable bonds is 1. The standard InChI is InChI=1S/C8H10N4.C2H6/c1-12(2)8-6-3-4-9-7(6)10-5-11-8;1-2/h3-5H,1-2H3,(H,9,10,11);1-2H3. The maximum Gasteiger partial charge on any atom is 0.142 e. The Hall–Kier alpha value is -1.58. The fourth-order valence-electron chi connectivity index (χ4n) is 1.22. The number of hydrogen-bond donors (Lipinski definition) is 1. The normalized spacial score (nSPS) is 9.43. The number of nitrogens with one attached hydrogen (secondary N) is 1. The highest BCUT2D eigenvalue weighted by Crippen LogP contribution is 2.18. The Morgan fingerprint density at radius 2 is 1.93 bits per heavy atom. The molecule has 0 saturated carbocycles. The lowest BCUT2D eigenvalue weighted by Crippen LogP contribution is -2.10. The van der Waals surface area contributed by atoms with Gasteiger partial charge in [0.1, 0.15) is 17.8 Å². The summed E-state index contributed by atoms with van der Waals surface area (Å²) in [6.07, 6.45) is 3.43. The minimum Gasteiger partial charge on any atom is -0.362 e. The van der Waals surface area contributed by atoms with E-state index in [0.29, 0.717) is 0 Å². The van der Waals surface area contributed by atoms with Crippen LogP contribution in [-0.4, -0.2) is 29.0 Å². The summed E-state index contributed by atoms with van der Waals surface area (Å²) in [6, 6.07) is 1.98. The first-order valence-electron chi connectivity index (χ1n) is 4.74. The second-order valence-electron chi connectivity index (χ2n) is 2.83. The molecule has 0 aliphatic carbocycles. The molecule has 14 heavy (non-hydrogen) atoms. The number of H-pyrrole nitrogens is 1. The summed E-state index contributed by atoms with van der Waals surface area (Å²) < 4.78 is 0. The summed E-state index contributed by atoms with van der Waals surface area (Å²) >= 11 is 0. The van der Waals surface area contributed by atoms with E-state index in [-0.39, 0.29) is 0 Å². The Morgan fingerprint density at radius 1 is 1.21 bits per heavy atom. The van der Waals surface area contributed by atoms with Crippen molar-refractivity contribution in [3.63, 3.8) is 0 Å². The lowest BCUT2D eigenvalue weighted by molar-refractivity contribution is 1.06. The summed E-state index contributed by atoms with van der Waals surface area (Å²) in [4.78, 5) is 13.3. The van der Waals surface area contributed by atoms with E-state index in [1.54, 1.807) is 6.33 Å². The number of fused-ring (bicyclic) bond motifs is 1. The van der Waals surface area contributed by atoms with Gasteiger partial charge in [0.15, 0.2) is 0 Å². The monoisotopic (exact) mass is 192 g/mol. The van der Waals surface area contributed by atoms with Crippen LogP contribution in [0, 0.1) is 0 Å². The van der Waals surface area contributed by atoms with Crippen molar-refractivity contribution in [2.24, 2.45) is 0 Å². The van der Waals surface area contributed by atoms with Gasteiger partial charge in [0.25, 0.3) is 0 Å². The van der Waals surface area contributed by atoms with Gasteiger partial charge in [-0.25, -0.2) is 9.97 Å². The Balaban J connectivity index is 0.000000461. The van der Waals surface area contributed by atoms with E-state index in [2.05, 4.69) is 15.0 Å². The molecule has 2 aromatic rings. The molecule has 0 aromatic carbocycles. The van der Waals surface area contributed by atoms with Crippen molar-refractivity contribution >= 4 is 16.9 Å². The van der Waals surface area contributed by atoms with Crippen LogP contribution in [0.1, 0.15) is 13.8 Å². The van der Waals surface area contributed by atoms with E-state index in [4.69, 9.17) is 0 Å². The van der Waals surface area contributed by atoms with E-state index < -0.39 is 0 Å². The Bertz CT molecular complexity index is 392. The zero-order valence-corrected chi connectivity index (χ0v) is 9.07. The number of aromatic amines is 1. The molecule has 0 unspecified atom stereocenters. The van der Waals surface area contributed by atoms with Crippen LogP contribution in [0.3, 0.4) is 0 Å². The predicted octanol–water partition coefficient (Wildman–Crippen LogP) is 2.05. The summed E-state index contributed by atoms with van der Waals surface area (Å²) in [5.74, 6) is 0.946. The van der Waals surface area contributed by atoms with Crippen molar-refractivity contribution < 1.29 is 0 Å². The molecule has 1 N–H and O–H groups in total. The van der Waals surface area contributed by atoms with Gasteiger partial charge in [-0.15, -0.1) is 0 Å². The van der Waals surface area contributed by atoms with E-state index in [1.807, 2.05) is 45.1 Å². The maximum atomic E-state index is 4.17. The third-order valence-corrected chi connectivity index (χ3v) is 1.76. The van der Waals surface area contributed by atoms with Gasteiger partial charge in [0.05, 0.1) is 5.39 Å². The molecule has 76 valence electrons. The molecule has 4 heteroatoms. The fraction of sp³-hybridized carbons (Fsp3) is 0.400. The number of anilines is 1. The van der Waals surface area contributed by atoms with Crippen LogP contribution in [0.25, 0.3) is 11.0 Å². The third kappa shape index (κ3) is 1.84. The van der Waals surface area contributed by atoms with Crippen molar-refractivity contribution in [2.75, 3.05) is 19.0 Å². The molecule has 4 nitrogen and oxygen atoms in total. The van der Waals surface area contributed by atoms with Crippen molar-refractivity contribution in [1.82, 2.24) is 15.0 Å². The first-order chi connectivity index (χ1) is 6.79. The minimum absolute atomic E-state index is 0.883. The van der Waals surface area contributed by atoms with Crippen molar-refractivity contribution in [3.05, 3.63) is 18.6 Å². The zero-order chi connectivity index (χ0) is 10.6. The van der Waals surface area contributed by atoms with Crippen molar-refractivity contribution in [3.8, 4) is 0 Å². The Morgan fingerprint density at radius 3 is 2.57 bits per heavy atom. The SMILES string of the molecule is CC.CN(C)c1ncnc2[nH]ccc12. The molecule has 2 heterocycles. The van der Waals surface area contributed by atoms with Crippen LogP contribution in [-0.2, 0) is 0 Å². The quantitative estimate of drug-likeness (QED) is 0.752. The van der Waals surface area contributed by atoms with Gasteiger partial charge in [-0.1, -0.05) is 13.8 Å². The van der Waals surface area contributed by atoms with Gasteiger partial charge < -0.3 is 9.88 Å². The second-order valence-corrected chi connectivity index (χ2v) is 2.83. The van der Waals surface area contributed by atoms with Gasteiger partial charge in [-0.3, -0.25) is 0 Å². The maximum absolute atomic E-state index is 4.17. The first-order valence-corrected chi connectivity index (χ1v) is 4.74.